The quantitative estimate of drug-likeness (QED) is 0.812. The third-order valence-corrected chi connectivity index (χ3v) is 5.09. The number of nitrogens with zero attached hydrogens (tertiary/aromatic N) is 2. The maximum Gasteiger partial charge on any atom is 0.326 e. The van der Waals surface area contributed by atoms with E-state index in [1.165, 1.54) is 12.8 Å². The van der Waals surface area contributed by atoms with Crippen molar-refractivity contribution in [3.05, 3.63) is 0 Å². The van der Waals surface area contributed by atoms with Crippen molar-refractivity contribution < 1.29 is 14.7 Å². The van der Waals surface area contributed by atoms with Crippen LogP contribution in [0, 0.1) is 0 Å². The summed E-state index contributed by atoms with van der Waals surface area (Å²) in [5.74, 6) is -0.758. The lowest BCUT2D eigenvalue weighted by molar-refractivity contribution is -0.153. The molecule has 2 atom stereocenters. The Kier molecular flexibility index (Phi) is 3.25. The summed E-state index contributed by atoms with van der Waals surface area (Å²) in [6.45, 7) is 2.39. The maximum absolute atomic E-state index is 12.1. The van der Waals surface area contributed by atoms with E-state index in [1.807, 2.05) is 4.90 Å². The summed E-state index contributed by atoms with van der Waals surface area (Å²) in [7, 11) is 0. The number of amides is 1. The Morgan fingerprint density at radius 3 is 2.42 bits per heavy atom. The predicted molar refractivity (Wildman–Crippen MR) is 69.8 cm³/mol. The Morgan fingerprint density at radius 1 is 1.11 bits per heavy atom. The molecule has 0 aromatic carbocycles. The Hall–Kier alpha value is -1.10. The highest BCUT2D eigenvalue weighted by molar-refractivity contribution is 5.93. The first kappa shape index (κ1) is 12.9. The molecule has 1 N–H and O–H groups in total. The van der Waals surface area contributed by atoms with E-state index in [0.29, 0.717) is 0 Å². The first-order valence-corrected chi connectivity index (χ1v) is 7.44. The Morgan fingerprint density at radius 2 is 1.79 bits per heavy atom. The second-order valence-corrected chi connectivity index (χ2v) is 6.05. The molecule has 3 aliphatic heterocycles. The summed E-state index contributed by atoms with van der Waals surface area (Å²) in [6.07, 6.45) is 6.41. The van der Waals surface area contributed by atoms with Crippen LogP contribution < -0.4 is 0 Å². The highest BCUT2D eigenvalue weighted by Gasteiger charge is 2.61. The minimum absolute atomic E-state index is 0.0362. The summed E-state index contributed by atoms with van der Waals surface area (Å²) in [5.41, 5.74) is -0.947. The van der Waals surface area contributed by atoms with Crippen molar-refractivity contribution >= 4 is 11.9 Å². The monoisotopic (exact) mass is 266 g/mol. The van der Waals surface area contributed by atoms with Gasteiger partial charge in [0.1, 0.15) is 5.54 Å². The fourth-order valence-electron chi connectivity index (χ4n) is 4.16. The summed E-state index contributed by atoms with van der Waals surface area (Å²) in [5, 5.41) is 9.85. The molecule has 0 aromatic heterocycles. The minimum Gasteiger partial charge on any atom is -0.480 e. The van der Waals surface area contributed by atoms with Gasteiger partial charge in [-0.1, -0.05) is 12.8 Å². The van der Waals surface area contributed by atoms with Crippen LogP contribution in [-0.4, -0.2) is 58.0 Å². The summed E-state index contributed by atoms with van der Waals surface area (Å²) in [4.78, 5) is 28.1. The zero-order valence-electron chi connectivity index (χ0n) is 11.3. The fraction of sp³-hybridized carbons (Fsp3) is 0.857. The molecule has 2 unspecified atom stereocenters. The first-order valence-electron chi connectivity index (χ1n) is 7.44. The van der Waals surface area contributed by atoms with Gasteiger partial charge in [-0.3, -0.25) is 14.5 Å². The largest absolute Gasteiger partial charge is 0.480 e. The third kappa shape index (κ3) is 1.86. The Balaban J connectivity index is 1.94. The van der Waals surface area contributed by atoms with Crippen molar-refractivity contribution in [1.29, 1.82) is 0 Å². The molecule has 0 saturated carbocycles. The van der Waals surface area contributed by atoms with Crippen LogP contribution in [-0.2, 0) is 9.59 Å². The van der Waals surface area contributed by atoms with Gasteiger partial charge in [0.05, 0.1) is 12.5 Å². The van der Waals surface area contributed by atoms with E-state index in [2.05, 4.69) is 4.90 Å². The molecule has 0 aromatic rings. The zero-order chi connectivity index (χ0) is 13.5. The smallest absolute Gasteiger partial charge is 0.326 e. The second-order valence-electron chi connectivity index (χ2n) is 6.05. The topological polar surface area (TPSA) is 60.9 Å². The van der Waals surface area contributed by atoms with E-state index in [9.17, 15) is 14.7 Å². The molecule has 5 nitrogen and oxygen atoms in total. The molecule has 3 fully saturated rings. The lowest BCUT2D eigenvalue weighted by Crippen LogP contribution is -2.60. The molecule has 0 spiro atoms. The molecule has 3 rings (SSSR count). The van der Waals surface area contributed by atoms with Gasteiger partial charge in [0.25, 0.3) is 0 Å². The van der Waals surface area contributed by atoms with E-state index >= 15 is 0 Å². The number of carboxylic acid groups (broad SMARTS) is 1. The highest BCUT2D eigenvalue weighted by atomic mass is 16.4. The van der Waals surface area contributed by atoms with E-state index < -0.39 is 11.5 Å². The minimum atomic E-state index is -0.947. The van der Waals surface area contributed by atoms with E-state index in [1.54, 1.807) is 0 Å². The summed E-state index contributed by atoms with van der Waals surface area (Å²) in [6, 6.07) is -0.101. The van der Waals surface area contributed by atoms with Gasteiger partial charge in [-0.25, -0.2) is 0 Å². The van der Waals surface area contributed by atoms with Gasteiger partial charge in [-0.2, -0.15) is 0 Å². The van der Waals surface area contributed by atoms with Gasteiger partial charge in [0, 0.05) is 6.54 Å². The molecule has 106 valence electrons. The van der Waals surface area contributed by atoms with Crippen LogP contribution in [0.3, 0.4) is 0 Å². The fourth-order valence-corrected chi connectivity index (χ4v) is 4.16. The molecule has 5 heteroatoms. The van der Waals surface area contributed by atoms with Crippen LogP contribution in [0.4, 0.5) is 0 Å². The average molecular weight is 266 g/mol. The molecule has 19 heavy (non-hydrogen) atoms. The van der Waals surface area contributed by atoms with E-state index in [-0.39, 0.29) is 18.4 Å². The summed E-state index contributed by atoms with van der Waals surface area (Å²) < 4.78 is 0. The number of aliphatic carboxylic acids is 1. The lowest BCUT2D eigenvalue weighted by atomic mass is 9.86. The van der Waals surface area contributed by atoms with Gasteiger partial charge in [0.15, 0.2) is 0 Å². The molecular weight excluding hydrogens is 244 g/mol. The van der Waals surface area contributed by atoms with Crippen LogP contribution in [0.5, 0.6) is 0 Å². The number of fused-ring (bicyclic) bond motifs is 1. The molecule has 0 radical (unpaired) electrons. The Bertz CT molecular complexity index is 390. The van der Waals surface area contributed by atoms with Crippen molar-refractivity contribution in [2.75, 3.05) is 19.6 Å². The Labute approximate surface area is 113 Å². The van der Waals surface area contributed by atoms with Crippen molar-refractivity contribution in [2.24, 2.45) is 0 Å². The zero-order valence-corrected chi connectivity index (χ0v) is 11.3. The normalized spacial score (nSPS) is 36.3. The van der Waals surface area contributed by atoms with Gasteiger partial charge >= 0.3 is 5.97 Å². The predicted octanol–water partition coefficient (Wildman–Crippen LogP) is 1.08. The van der Waals surface area contributed by atoms with Crippen LogP contribution >= 0.6 is 0 Å². The number of hydrogen-bond donors (Lipinski definition) is 1. The molecule has 3 saturated heterocycles. The average Bonchev–Trinajstić information content (AvgIpc) is 2.84. The first-order chi connectivity index (χ1) is 9.16. The van der Waals surface area contributed by atoms with Crippen LogP contribution in [0.25, 0.3) is 0 Å². The molecule has 3 aliphatic rings. The third-order valence-electron chi connectivity index (χ3n) is 5.09. The number of rotatable bonds is 2. The summed E-state index contributed by atoms with van der Waals surface area (Å²) >= 11 is 0. The number of carboxylic acids is 1. The highest BCUT2D eigenvalue weighted by Crippen LogP contribution is 2.42. The van der Waals surface area contributed by atoms with Crippen molar-refractivity contribution in [1.82, 2.24) is 9.80 Å². The molecule has 0 aliphatic carbocycles. The van der Waals surface area contributed by atoms with Gasteiger partial charge in [-0.15, -0.1) is 0 Å². The van der Waals surface area contributed by atoms with Crippen LogP contribution in [0.2, 0.25) is 0 Å². The number of carbonyl (C=O) groups is 2. The standard InChI is InChI=1S/C14H22N2O3/c17-12-10-14(13(18)19,11-6-5-9-16(11)12)15-7-3-1-2-4-8-15/h11H,1-10H2,(H,18,19). The lowest BCUT2D eigenvalue weighted by Gasteiger charge is -2.40. The second kappa shape index (κ2) is 4.78. The molecule has 1 amide bonds. The van der Waals surface area contributed by atoms with E-state index in [4.69, 9.17) is 0 Å². The molecular formula is C14H22N2O3. The van der Waals surface area contributed by atoms with Crippen LogP contribution in [0.15, 0.2) is 0 Å². The number of hydrogen-bond acceptors (Lipinski definition) is 3. The maximum atomic E-state index is 12.1. The number of carbonyl (C=O) groups excluding carboxylic acids is 1. The van der Waals surface area contributed by atoms with Crippen molar-refractivity contribution in [3.8, 4) is 0 Å². The SMILES string of the molecule is O=C1CC(C(=O)O)(N2CCCCCC2)C2CCCN12. The molecule has 0 bridgehead atoms. The molecule has 3 heterocycles. The van der Waals surface area contributed by atoms with Crippen molar-refractivity contribution in [3.63, 3.8) is 0 Å². The van der Waals surface area contributed by atoms with Crippen molar-refractivity contribution in [2.45, 2.75) is 56.5 Å². The van der Waals surface area contributed by atoms with Gasteiger partial charge in [0.2, 0.25) is 5.91 Å². The van der Waals surface area contributed by atoms with Crippen LogP contribution in [0.1, 0.15) is 44.9 Å². The van der Waals surface area contributed by atoms with Gasteiger partial charge < -0.3 is 10.0 Å². The van der Waals surface area contributed by atoms with Gasteiger partial charge in [-0.05, 0) is 38.8 Å². The van der Waals surface area contributed by atoms with E-state index in [0.717, 1.165) is 45.3 Å². The number of likely N-dealkylation sites (tertiary alicyclic amines) is 1.